The highest BCUT2D eigenvalue weighted by Gasteiger charge is 2.04. The van der Waals surface area contributed by atoms with Gasteiger partial charge < -0.3 is 5.32 Å². The van der Waals surface area contributed by atoms with Crippen molar-refractivity contribution >= 4 is 11.3 Å². The molecular formula is C13H13F2NS. The molecular weight excluding hydrogens is 240 g/mol. The van der Waals surface area contributed by atoms with E-state index in [4.69, 9.17) is 0 Å². The van der Waals surface area contributed by atoms with E-state index in [-0.39, 0.29) is 0 Å². The smallest absolute Gasteiger partial charge is 0.130 e. The van der Waals surface area contributed by atoms with Crippen molar-refractivity contribution in [2.75, 3.05) is 0 Å². The Balaban J connectivity index is 1.92. The van der Waals surface area contributed by atoms with Crippen molar-refractivity contribution < 1.29 is 8.78 Å². The summed E-state index contributed by atoms with van der Waals surface area (Å²) in [5.41, 5.74) is 2.94. The van der Waals surface area contributed by atoms with Gasteiger partial charge in [-0.05, 0) is 34.9 Å². The van der Waals surface area contributed by atoms with Crippen molar-refractivity contribution in [2.45, 2.75) is 20.0 Å². The van der Waals surface area contributed by atoms with Crippen molar-refractivity contribution in [2.24, 2.45) is 0 Å². The van der Waals surface area contributed by atoms with E-state index >= 15 is 0 Å². The summed E-state index contributed by atoms with van der Waals surface area (Å²) in [4.78, 5) is 0. The molecule has 90 valence electrons. The Hall–Kier alpha value is -1.26. The van der Waals surface area contributed by atoms with Crippen molar-refractivity contribution in [1.29, 1.82) is 0 Å². The SMILES string of the molecule is Cc1cscc1CNCc1ccc(F)cc1F. The molecule has 0 saturated heterocycles. The second kappa shape index (κ2) is 5.38. The van der Waals surface area contributed by atoms with Gasteiger partial charge in [-0.2, -0.15) is 11.3 Å². The lowest BCUT2D eigenvalue weighted by molar-refractivity contribution is 0.560. The molecule has 0 atom stereocenters. The minimum absolute atomic E-state index is 0.404. The van der Waals surface area contributed by atoms with Crippen molar-refractivity contribution in [3.63, 3.8) is 0 Å². The molecule has 1 heterocycles. The molecule has 2 rings (SSSR count). The molecule has 0 saturated carbocycles. The second-order valence-corrected chi connectivity index (χ2v) is 4.66. The first kappa shape index (κ1) is 12.2. The van der Waals surface area contributed by atoms with Gasteiger partial charge in [0.15, 0.2) is 0 Å². The lowest BCUT2D eigenvalue weighted by atomic mass is 10.2. The van der Waals surface area contributed by atoms with E-state index in [9.17, 15) is 8.78 Å². The van der Waals surface area contributed by atoms with E-state index in [1.54, 1.807) is 11.3 Å². The molecule has 2 aromatic rings. The Morgan fingerprint density at radius 3 is 2.53 bits per heavy atom. The van der Waals surface area contributed by atoms with Crippen LogP contribution in [0.2, 0.25) is 0 Å². The van der Waals surface area contributed by atoms with Crippen LogP contribution in [-0.4, -0.2) is 0 Å². The third-order valence-corrected chi connectivity index (χ3v) is 3.52. The first-order valence-corrected chi connectivity index (χ1v) is 6.27. The van der Waals surface area contributed by atoms with Crippen LogP contribution in [0.3, 0.4) is 0 Å². The Morgan fingerprint density at radius 2 is 1.88 bits per heavy atom. The Morgan fingerprint density at radius 1 is 1.12 bits per heavy atom. The molecule has 17 heavy (non-hydrogen) atoms. The van der Waals surface area contributed by atoms with E-state index in [1.165, 1.54) is 23.3 Å². The monoisotopic (exact) mass is 253 g/mol. The number of hydrogen-bond donors (Lipinski definition) is 1. The summed E-state index contributed by atoms with van der Waals surface area (Å²) in [5.74, 6) is -1.04. The van der Waals surface area contributed by atoms with Gasteiger partial charge in [-0.25, -0.2) is 8.78 Å². The summed E-state index contributed by atoms with van der Waals surface area (Å²) in [7, 11) is 0. The van der Waals surface area contributed by atoms with Gasteiger partial charge in [-0.15, -0.1) is 0 Å². The van der Waals surface area contributed by atoms with Crippen LogP contribution in [0.5, 0.6) is 0 Å². The van der Waals surface area contributed by atoms with Gasteiger partial charge in [-0.1, -0.05) is 6.07 Å². The maximum Gasteiger partial charge on any atom is 0.130 e. The molecule has 0 bridgehead atoms. The van der Waals surface area contributed by atoms with Crippen molar-refractivity contribution in [3.05, 3.63) is 57.3 Å². The molecule has 1 aromatic heterocycles. The molecule has 0 aliphatic rings. The first-order valence-electron chi connectivity index (χ1n) is 5.33. The highest BCUT2D eigenvalue weighted by molar-refractivity contribution is 7.08. The predicted molar refractivity (Wildman–Crippen MR) is 66.0 cm³/mol. The zero-order valence-electron chi connectivity index (χ0n) is 9.47. The van der Waals surface area contributed by atoms with Gasteiger partial charge >= 0.3 is 0 Å². The van der Waals surface area contributed by atoms with Gasteiger partial charge in [0, 0.05) is 24.7 Å². The van der Waals surface area contributed by atoms with Crippen LogP contribution in [0.4, 0.5) is 8.78 Å². The molecule has 0 radical (unpaired) electrons. The number of thiophene rings is 1. The van der Waals surface area contributed by atoms with E-state index in [1.807, 2.05) is 6.92 Å². The largest absolute Gasteiger partial charge is 0.308 e. The number of benzene rings is 1. The summed E-state index contributed by atoms with van der Waals surface area (Å²) in [6.07, 6.45) is 0. The predicted octanol–water partition coefficient (Wildman–Crippen LogP) is 3.62. The van der Waals surface area contributed by atoms with Gasteiger partial charge in [0.2, 0.25) is 0 Å². The van der Waals surface area contributed by atoms with Gasteiger partial charge in [-0.3, -0.25) is 0 Å². The quantitative estimate of drug-likeness (QED) is 0.877. The van der Waals surface area contributed by atoms with Crippen molar-refractivity contribution in [3.8, 4) is 0 Å². The maximum absolute atomic E-state index is 13.3. The van der Waals surface area contributed by atoms with Gasteiger partial charge in [0.05, 0.1) is 0 Å². The van der Waals surface area contributed by atoms with E-state index in [2.05, 4.69) is 16.1 Å². The minimum Gasteiger partial charge on any atom is -0.308 e. The second-order valence-electron chi connectivity index (χ2n) is 3.92. The lowest BCUT2D eigenvalue weighted by Gasteiger charge is -2.06. The molecule has 4 heteroatoms. The molecule has 0 aliphatic carbocycles. The molecule has 1 nitrogen and oxygen atoms in total. The van der Waals surface area contributed by atoms with Crippen molar-refractivity contribution in [1.82, 2.24) is 5.32 Å². The standard InChI is InChI=1S/C13H13F2NS/c1-9-7-17-8-11(9)6-16-5-10-2-3-12(14)4-13(10)15/h2-4,7-8,16H,5-6H2,1H3. The number of rotatable bonds is 4. The topological polar surface area (TPSA) is 12.0 Å². The molecule has 0 fully saturated rings. The summed E-state index contributed by atoms with van der Waals surface area (Å²) >= 11 is 1.65. The molecule has 0 aliphatic heterocycles. The average Bonchev–Trinajstić information content (AvgIpc) is 2.68. The third-order valence-electron chi connectivity index (χ3n) is 2.61. The van der Waals surface area contributed by atoms with Crippen LogP contribution >= 0.6 is 11.3 Å². The van der Waals surface area contributed by atoms with E-state index < -0.39 is 11.6 Å². The zero-order valence-corrected chi connectivity index (χ0v) is 10.3. The normalized spacial score (nSPS) is 10.8. The molecule has 1 N–H and O–H groups in total. The van der Waals surface area contributed by atoms with E-state index in [0.29, 0.717) is 18.7 Å². The molecule has 0 unspecified atom stereocenters. The van der Waals surface area contributed by atoms with Gasteiger partial charge in [0.25, 0.3) is 0 Å². The first-order chi connectivity index (χ1) is 8.16. The van der Waals surface area contributed by atoms with Crippen LogP contribution in [0.15, 0.2) is 29.0 Å². The van der Waals surface area contributed by atoms with Crippen LogP contribution in [-0.2, 0) is 13.1 Å². The van der Waals surface area contributed by atoms with Crippen LogP contribution in [0, 0.1) is 18.6 Å². The number of hydrogen-bond acceptors (Lipinski definition) is 2. The van der Waals surface area contributed by atoms with Gasteiger partial charge in [0.1, 0.15) is 11.6 Å². The minimum atomic E-state index is -0.542. The third kappa shape index (κ3) is 3.11. The summed E-state index contributed by atoms with van der Waals surface area (Å²) in [6, 6.07) is 3.65. The molecule has 1 aromatic carbocycles. The lowest BCUT2D eigenvalue weighted by Crippen LogP contribution is -2.13. The average molecular weight is 253 g/mol. The maximum atomic E-state index is 13.3. The Labute approximate surface area is 103 Å². The molecule has 0 amide bonds. The zero-order chi connectivity index (χ0) is 12.3. The Kier molecular flexibility index (Phi) is 3.86. The van der Waals surface area contributed by atoms with Crippen LogP contribution in [0.25, 0.3) is 0 Å². The van der Waals surface area contributed by atoms with Crippen LogP contribution in [0.1, 0.15) is 16.7 Å². The number of aryl methyl sites for hydroxylation is 1. The highest BCUT2D eigenvalue weighted by atomic mass is 32.1. The summed E-state index contributed by atoms with van der Waals surface area (Å²) in [6.45, 7) is 3.15. The fourth-order valence-corrected chi connectivity index (χ4v) is 2.42. The van der Waals surface area contributed by atoms with E-state index in [0.717, 1.165) is 6.07 Å². The highest BCUT2D eigenvalue weighted by Crippen LogP contribution is 2.14. The number of halogens is 2. The van der Waals surface area contributed by atoms with Crippen LogP contribution < -0.4 is 5.32 Å². The number of nitrogens with one attached hydrogen (secondary N) is 1. The fourth-order valence-electron chi connectivity index (χ4n) is 1.56. The summed E-state index contributed by atoms with van der Waals surface area (Å²) < 4.78 is 26.0. The fraction of sp³-hybridized carbons (Fsp3) is 0.231. The summed E-state index contributed by atoms with van der Waals surface area (Å²) in [5, 5.41) is 7.30. The Bertz CT molecular complexity index is 508. The molecule has 0 spiro atoms.